The monoisotopic (exact) mass is 438 g/mol. The van der Waals surface area contributed by atoms with Gasteiger partial charge in [0.25, 0.3) is 11.5 Å². The minimum atomic E-state index is -0.803. The van der Waals surface area contributed by atoms with Gasteiger partial charge in [0, 0.05) is 22.2 Å². The lowest BCUT2D eigenvalue weighted by Gasteiger charge is -2.08. The number of hydrogen-bond donors (Lipinski definition) is 3. The van der Waals surface area contributed by atoms with Crippen molar-refractivity contribution in [3.8, 4) is 16.2 Å². The summed E-state index contributed by atoms with van der Waals surface area (Å²) in [6.45, 7) is 1.40. The lowest BCUT2D eigenvalue weighted by Crippen LogP contribution is -2.23. The predicted molar refractivity (Wildman–Crippen MR) is 119 cm³/mol. The number of benzene rings is 2. The Bertz CT molecular complexity index is 1360. The van der Waals surface area contributed by atoms with Crippen LogP contribution in [0, 0.1) is 0 Å². The molecule has 0 aliphatic rings. The van der Waals surface area contributed by atoms with Gasteiger partial charge in [0.15, 0.2) is 5.78 Å². The molecule has 1 amide bonds. The van der Waals surface area contributed by atoms with E-state index in [-0.39, 0.29) is 11.5 Å². The zero-order valence-electron chi connectivity index (χ0n) is 15.7. The molecule has 8 heteroatoms. The summed E-state index contributed by atoms with van der Waals surface area (Å²) in [5.74, 6) is -1.45. The van der Waals surface area contributed by atoms with E-state index in [0.29, 0.717) is 20.8 Å². The van der Waals surface area contributed by atoms with Gasteiger partial charge in [0.1, 0.15) is 11.3 Å². The fraction of sp³-hybridized carbons (Fsp3) is 0.0455. The van der Waals surface area contributed by atoms with Crippen molar-refractivity contribution in [3.05, 3.63) is 80.4 Å². The molecule has 4 aromatic rings. The van der Waals surface area contributed by atoms with Gasteiger partial charge in [0.2, 0.25) is 0 Å². The molecule has 6 nitrogen and oxygen atoms in total. The second-order valence-corrected chi connectivity index (χ2v) is 8.08. The molecule has 0 saturated heterocycles. The van der Waals surface area contributed by atoms with E-state index in [1.165, 1.54) is 18.3 Å². The van der Waals surface area contributed by atoms with Crippen LogP contribution in [-0.4, -0.2) is 21.8 Å². The number of hydrogen-bond acceptors (Lipinski definition) is 5. The van der Waals surface area contributed by atoms with Crippen molar-refractivity contribution in [2.24, 2.45) is 0 Å². The number of Topliss-reactive ketones (excluding diaryl/α,β-unsaturated/α-hetero) is 1. The van der Waals surface area contributed by atoms with E-state index in [4.69, 9.17) is 11.6 Å². The van der Waals surface area contributed by atoms with Crippen LogP contribution >= 0.6 is 22.9 Å². The second-order valence-electron chi connectivity index (χ2n) is 6.59. The van der Waals surface area contributed by atoms with E-state index in [2.05, 4.69) is 10.3 Å². The molecule has 0 unspecified atom stereocenters. The molecule has 150 valence electrons. The van der Waals surface area contributed by atoms with Gasteiger partial charge in [-0.3, -0.25) is 14.4 Å². The van der Waals surface area contributed by atoms with Crippen LogP contribution in [0.3, 0.4) is 0 Å². The highest BCUT2D eigenvalue weighted by Gasteiger charge is 2.22. The molecule has 0 atom stereocenters. The summed E-state index contributed by atoms with van der Waals surface area (Å²) in [4.78, 5) is 41.0. The summed E-state index contributed by atoms with van der Waals surface area (Å²) < 4.78 is 0. The number of thiophene rings is 1. The molecule has 0 aliphatic carbocycles. The minimum absolute atomic E-state index is 0.229. The van der Waals surface area contributed by atoms with Gasteiger partial charge in [-0.05, 0) is 35.9 Å². The quantitative estimate of drug-likeness (QED) is 0.387. The first-order chi connectivity index (χ1) is 14.3. The summed E-state index contributed by atoms with van der Waals surface area (Å²) in [5.41, 5.74) is 0.387. The van der Waals surface area contributed by atoms with Crippen molar-refractivity contribution in [3.63, 3.8) is 0 Å². The Kier molecular flexibility index (Phi) is 5.15. The third kappa shape index (κ3) is 3.60. The van der Waals surface area contributed by atoms with Gasteiger partial charge in [-0.1, -0.05) is 35.9 Å². The van der Waals surface area contributed by atoms with Gasteiger partial charge in [-0.25, -0.2) is 0 Å². The molecular formula is C22H15ClN2O4S. The lowest BCUT2D eigenvalue weighted by atomic mass is 10.1. The lowest BCUT2D eigenvalue weighted by molar-refractivity contribution is 0.102. The third-order valence-electron chi connectivity index (χ3n) is 4.55. The number of nitrogens with one attached hydrogen (secondary N) is 2. The number of rotatable bonds is 4. The van der Waals surface area contributed by atoms with E-state index >= 15 is 0 Å². The number of aromatic hydroxyl groups is 1. The number of anilines is 1. The van der Waals surface area contributed by atoms with Crippen molar-refractivity contribution in [2.45, 2.75) is 6.92 Å². The molecule has 0 aliphatic heterocycles. The van der Waals surface area contributed by atoms with Gasteiger partial charge in [0.05, 0.1) is 16.1 Å². The fourth-order valence-corrected chi connectivity index (χ4v) is 4.26. The summed E-state index contributed by atoms with van der Waals surface area (Å²) in [6, 6.07) is 15.4. The van der Waals surface area contributed by atoms with Crippen molar-refractivity contribution in [1.29, 1.82) is 0 Å². The Hall–Kier alpha value is -3.42. The first-order valence-electron chi connectivity index (χ1n) is 8.91. The number of ketones is 1. The smallest absolute Gasteiger partial charge is 0.265 e. The van der Waals surface area contributed by atoms with Crippen molar-refractivity contribution >= 4 is 51.2 Å². The average Bonchev–Trinajstić information content (AvgIpc) is 3.12. The van der Waals surface area contributed by atoms with Gasteiger partial charge in [-0.15, -0.1) is 11.3 Å². The normalized spacial score (nSPS) is 10.9. The molecule has 0 spiro atoms. The Morgan fingerprint density at radius 3 is 2.50 bits per heavy atom. The summed E-state index contributed by atoms with van der Waals surface area (Å²) in [7, 11) is 0. The predicted octanol–water partition coefficient (Wildman–Crippen LogP) is 5.07. The molecule has 0 radical (unpaired) electrons. The number of carbonyl (C=O) groups excluding carboxylic acids is 2. The van der Waals surface area contributed by atoms with E-state index in [1.807, 2.05) is 12.1 Å². The molecule has 0 bridgehead atoms. The van der Waals surface area contributed by atoms with Crippen molar-refractivity contribution < 1.29 is 14.7 Å². The number of pyridine rings is 1. The molecule has 2 aromatic heterocycles. The van der Waals surface area contributed by atoms with E-state index in [1.54, 1.807) is 42.5 Å². The molecule has 30 heavy (non-hydrogen) atoms. The maximum Gasteiger partial charge on any atom is 0.265 e. The Morgan fingerprint density at radius 2 is 1.80 bits per heavy atom. The zero-order valence-corrected chi connectivity index (χ0v) is 17.2. The molecule has 3 N–H and O–H groups in total. The highest BCUT2D eigenvalue weighted by molar-refractivity contribution is 7.18. The van der Waals surface area contributed by atoms with E-state index in [0.717, 1.165) is 10.4 Å². The van der Waals surface area contributed by atoms with E-state index < -0.39 is 22.8 Å². The zero-order chi connectivity index (χ0) is 21.4. The number of amides is 1. The van der Waals surface area contributed by atoms with Crippen LogP contribution in [0.4, 0.5) is 5.69 Å². The van der Waals surface area contributed by atoms with Crippen molar-refractivity contribution in [2.75, 3.05) is 5.32 Å². The first-order valence-corrected chi connectivity index (χ1v) is 10.1. The van der Waals surface area contributed by atoms with E-state index in [9.17, 15) is 19.5 Å². The number of aromatic amines is 1. The number of fused-ring (bicyclic) bond motifs is 1. The van der Waals surface area contributed by atoms with Gasteiger partial charge in [-0.2, -0.15) is 0 Å². The van der Waals surface area contributed by atoms with Crippen molar-refractivity contribution in [1.82, 2.24) is 4.98 Å². The second kappa shape index (κ2) is 7.78. The Labute approximate surface area is 179 Å². The topological polar surface area (TPSA) is 99.3 Å². The Balaban J connectivity index is 1.75. The highest BCUT2D eigenvalue weighted by atomic mass is 35.5. The first kappa shape index (κ1) is 19.9. The van der Waals surface area contributed by atoms with Crippen LogP contribution in [-0.2, 0) is 0 Å². The SMILES string of the molecule is CC(=O)c1sc(-c2ccc(Cl)cc2)cc1NC(=O)c1c(O)c2ccccc2[nH]c1=O. The number of para-hydroxylation sites is 1. The highest BCUT2D eigenvalue weighted by Crippen LogP contribution is 2.36. The molecule has 0 fully saturated rings. The number of carbonyl (C=O) groups is 2. The summed E-state index contributed by atoms with van der Waals surface area (Å²) in [5, 5.41) is 14.0. The number of aromatic nitrogens is 1. The Morgan fingerprint density at radius 1 is 1.10 bits per heavy atom. The maximum atomic E-state index is 12.8. The standard InChI is InChI=1S/C22H15ClN2O4S/c1-11(26)20-16(10-17(30-20)12-6-8-13(23)9-7-12)25-22(29)18-19(27)14-4-2-3-5-15(14)24-21(18)28/h2-10H,1H3,(H,25,29)(H2,24,27,28). The summed E-state index contributed by atoms with van der Waals surface area (Å²) in [6.07, 6.45) is 0. The molecule has 0 saturated carbocycles. The van der Waals surface area contributed by atoms with Crippen LogP contribution in [0.15, 0.2) is 59.4 Å². The van der Waals surface area contributed by atoms with Crippen LogP contribution in [0.5, 0.6) is 5.75 Å². The van der Waals surface area contributed by atoms with Crippen LogP contribution < -0.4 is 10.9 Å². The molecular weight excluding hydrogens is 424 g/mol. The van der Waals surface area contributed by atoms with Crippen LogP contribution in [0.25, 0.3) is 21.3 Å². The number of halogens is 1. The third-order valence-corrected chi connectivity index (χ3v) is 6.09. The molecule has 2 aromatic carbocycles. The largest absolute Gasteiger partial charge is 0.506 e. The van der Waals surface area contributed by atoms with Crippen LogP contribution in [0.2, 0.25) is 5.02 Å². The van der Waals surface area contributed by atoms with Gasteiger partial charge < -0.3 is 15.4 Å². The average molecular weight is 439 g/mol. The fourth-order valence-electron chi connectivity index (χ4n) is 3.12. The molecule has 4 rings (SSSR count). The maximum absolute atomic E-state index is 12.8. The van der Waals surface area contributed by atoms with Gasteiger partial charge >= 0.3 is 0 Å². The summed E-state index contributed by atoms with van der Waals surface area (Å²) >= 11 is 7.15. The van der Waals surface area contributed by atoms with Crippen LogP contribution in [0.1, 0.15) is 27.0 Å². The number of H-pyrrole nitrogens is 1. The minimum Gasteiger partial charge on any atom is -0.506 e. The molecule has 2 heterocycles.